The van der Waals surface area contributed by atoms with Gasteiger partial charge in [0.05, 0.1) is 18.8 Å². The summed E-state index contributed by atoms with van der Waals surface area (Å²) in [6.07, 6.45) is 1.58. The van der Waals surface area contributed by atoms with Crippen LogP contribution in [-0.4, -0.2) is 19.2 Å². The molecule has 0 unspecified atom stereocenters. The summed E-state index contributed by atoms with van der Waals surface area (Å²) >= 11 is 0. The number of fused-ring (bicyclic) bond motifs is 1. The molecule has 1 aromatic heterocycles. The zero-order chi connectivity index (χ0) is 15.4. The zero-order valence-electron chi connectivity index (χ0n) is 12.3. The van der Waals surface area contributed by atoms with Crippen molar-refractivity contribution in [3.05, 3.63) is 47.9 Å². The Bertz CT molecular complexity index is 640. The predicted octanol–water partition coefficient (Wildman–Crippen LogP) is 2.61. The highest BCUT2D eigenvalue weighted by atomic mass is 16.6. The molecule has 2 N–H and O–H groups in total. The first-order chi connectivity index (χ1) is 10.7. The van der Waals surface area contributed by atoms with Gasteiger partial charge >= 0.3 is 6.03 Å². The first-order valence-corrected chi connectivity index (χ1v) is 7.18. The van der Waals surface area contributed by atoms with Gasteiger partial charge in [-0.1, -0.05) is 6.07 Å². The second kappa shape index (κ2) is 6.43. The molecule has 2 heterocycles. The van der Waals surface area contributed by atoms with Gasteiger partial charge in [0.2, 0.25) is 0 Å². The van der Waals surface area contributed by atoms with Crippen molar-refractivity contribution in [3.63, 3.8) is 0 Å². The van der Waals surface area contributed by atoms with Crippen LogP contribution < -0.4 is 20.1 Å². The summed E-state index contributed by atoms with van der Waals surface area (Å²) in [5.41, 5.74) is 0.956. The van der Waals surface area contributed by atoms with E-state index in [0.29, 0.717) is 31.3 Å². The third-order valence-corrected chi connectivity index (χ3v) is 3.42. The van der Waals surface area contributed by atoms with E-state index in [1.54, 1.807) is 12.3 Å². The number of hydrogen-bond donors (Lipinski definition) is 2. The zero-order valence-corrected chi connectivity index (χ0v) is 12.3. The van der Waals surface area contributed by atoms with E-state index < -0.39 is 0 Å². The average Bonchev–Trinajstić information content (AvgIpc) is 3.06. The highest BCUT2D eigenvalue weighted by Gasteiger charge is 2.15. The van der Waals surface area contributed by atoms with E-state index in [1.807, 2.05) is 31.2 Å². The van der Waals surface area contributed by atoms with Crippen molar-refractivity contribution >= 4 is 6.03 Å². The number of furan rings is 1. The molecule has 0 spiro atoms. The Labute approximate surface area is 128 Å². The monoisotopic (exact) mass is 302 g/mol. The van der Waals surface area contributed by atoms with Gasteiger partial charge in [0.15, 0.2) is 11.5 Å². The van der Waals surface area contributed by atoms with Gasteiger partial charge in [0, 0.05) is 0 Å². The number of amides is 2. The van der Waals surface area contributed by atoms with E-state index >= 15 is 0 Å². The quantitative estimate of drug-likeness (QED) is 0.910. The lowest BCUT2D eigenvalue weighted by molar-refractivity contribution is 0.171. The SMILES string of the molecule is C[C@@H](NC(=O)NCc1ccco1)c1ccc2c(c1)OCCO2. The van der Waals surface area contributed by atoms with Gasteiger partial charge in [-0.15, -0.1) is 0 Å². The fourth-order valence-electron chi connectivity index (χ4n) is 2.24. The van der Waals surface area contributed by atoms with Crippen LogP contribution in [0.3, 0.4) is 0 Å². The highest BCUT2D eigenvalue weighted by Crippen LogP contribution is 2.32. The van der Waals surface area contributed by atoms with Crippen molar-refractivity contribution in [1.29, 1.82) is 0 Å². The molecule has 0 fully saturated rings. The second-order valence-electron chi connectivity index (χ2n) is 5.03. The van der Waals surface area contributed by atoms with Crippen molar-refractivity contribution in [2.24, 2.45) is 0 Å². The molecule has 0 bridgehead atoms. The number of urea groups is 1. The van der Waals surface area contributed by atoms with Gasteiger partial charge in [0.1, 0.15) is 19.0 Å². The molecule has 3 rings (SSSR count). The number of carbonyl (C=O) groups is 1. The molecule has 0 aliphatic carbocycles. The lowest BCUT2D eigenvalue weighted by Gasteiger charge is -2.21. The first kappa shape index (κ1) is 14.3. The summed E-state index contributed by atoms with van der Waals surface area (Å²) in [5, 5.41) is 5.63. The van der Waals surface area contributed by atoms with Crippen molar-refractivity contribution in [2.75, 3.05) is 13.2 Å². The van der Waals surface area contributed by atoms with Crippen LogP contribution in [0.4, 0.5) is 4.79 Å². The molecule has 22 heavy (non-hydrogen) atoms. The van der Waals surface area contributed by atoms with Gasteiger partial charge < -0.3 is 24.5 Å². The summed E-state index contributed by atoms with van der Waals surface area (Å²) in [4.78, 5) is 11.9. The number of ether oxygens (including phenoxy) is 2. The molecule has 1 aliphatic rings. The highest BCUT2D eigenvalue weighted by molar-refractivity contribution is 5.74. The molecule has 1 atom stereocenters. The molecule has 0 saturated carbocycles. The third kappa shape index (κ3) is 3.33. The van der Waals surface area contributed by atoms with Crippen molar-refractivity contribution in [1.82, 2.24) is 10.6 Å². The number of rotatable bonds is 4. The van der Waals surface area contributed by atoms with Crippen LogP contribution in [0.2, 0.25) is 0 Å². The molecule has 6 nitrogen and oxygen atoms in total. The average molecular weight is 302 g/mol. The van der Waals surface area contributed by atoms with Crippen molar-refractivity contribution in [3.8, 4) is 11.5 Å². The maximum atomic E-state index is 11.9. The Kier molecular flexibility index (Phi) is 4.18. The maximum absolute atomic E-state index is 11.9. The van der Waals surface area contributed by atoms with E-state index in [0.717, 1.165) is 11.3 Å². The van der Waals surface area contributed by atoms with Crippen molar-refractivity contribution < 1.29 is 18.7 Å². The first-order valence-electron chi connectivity index (χ1n) is 7.18. The van der Waals surface area contributed by atoms with Crippen molar-refractivity contribution in [2.45, 2.75) is 19.5 Å². The number of benzene rings is 1. The smallest absolute Gasteiger partial charge is 0.315 e. The van der Waals surface area contributed by atoms with Crippen LogP contribution in [0, 0.1) is 0 Å². The molecular formula is C16H18N2O4. The fourth-order valence-corrected chi connectivity index (χ4v) is 2.24. The molecule has 2 aromatic rings. The molecule has 0 saturated heterocycles. The maximum Gasteiger partial charge on any atom is 0.315 e. The van der Waals surface area contributed by atoms with E-state index in [-0.39, 0.29) is 12.1 Å². The topological polar surface area (TPSA) is 72.7 Å². The summed E-state index contributed by atoms with van der Waals surface area (Å²) in [6, 6.07) is 8.88. The normalized spacial score (nSPS) is 14.2. The van der Waals surface area contributed by atoms with Gasteiger partial charge in [-0.3, -0.25) is 0 Å². The predicted molar refractivity (Wildman–Crippen MR) is 79.9 cm³/mol. The van der Waals surface area contributed by atoms with Crippen LogP contribution in [0.15, 0.2) is 41.0 Å². The van der Waals surface area contributed by atoms with Crippen LogP contribution in [-0.2, 0) is 6.54 Å². The number of carbonyl (C=O) groups excluding carboxylic acids is 1. The second-order valence-corrected chi connectivity index (χ2v) is 5.03. The molecular weight excluding hydrogens is 284 g/mol. The molecule has 116 valence electrons. The Morgan fingerprint density at radius 2 is 2.05 bits per heavy atom. The van der Waals surface area contributed by atoms with Crippen LogP contribution in [0.25, 0.3) is 0 Å². The molecule has 2 amide bonds. The van der Waals surface area contributed by atoms with Gasteiger partial charge in [-0.2, -0.15) is 0 Å². The van der Waals surface area contributed by atoms with Gasteiger partial charge in [-0.05, 0) is 36.8 Å². The molecule has 1 aliphatic heterocycles. The Morgan fingerprint density at radius 1 is 1.23 bits per heavy atom. The van der Waals surface area contributed by atoms with E-state index in [2.05, 4.69) is 10.6 Å². The number of nitrogens with one attached hydrogen (secondary N) is 2. The van der Waals surface area contributed by atoms with E-state index in [4.69, 9.17) is 13.9 Å². The summed E-state index contributed by atoms with van der Waals surface area (Å²) in [7, 11) is 0. The minimum Gasteiger partial charge on any atom is -0.486 e. The van der Waals surface area contributed by atoms with Gasteiger partial charge in [-0.25, -0.2) is 4.79 Å². The largest absolute Gasteiger partial charge is 0.486 e. The Balaban J connectivity index is 1.56. The lowest BCUT2D eigenvalue weighted by atomic mass is 10.1. The van der Waals surface area contributed by atoms with Crippen LogP contribution >= 0.6 is 0 Å². The summed E-state index contributed by atoms with van der Waals surface area (Å²) < 4.78 is 16.2. The molecule has 1 aromatic carbocycles. The van der Waals surface area contributed by atoms with Gasteiger partial charge in [0.25, 0.3) is 0 Å². The molecule has 0 radical (unpaired) electrons. The lowest BCUT2D eigenvalue weighted by Crippen LogP contribution is -2.36. The van der Waals surface area contributed by atoms with Crippen LogP contribution in [0.5, 0.6) is 11.5 Å². The summed E-state index contributed by atoms with van der Waals surface area (Å²) in [5.74, 6) is 2.17. The minimum atomic E-state index is -0.251. The van der Waals surface area contributed by atoms with E-state index in [9.17, 15) is 4.79 Å². The standard InChI is InChI=1S/C16H18N2O4/c1-11(18-16(19)17-10-13-3-2-6-20-13)12-4-5-14-15(9-12)22-8-7-21-14/h2-6,9,11H,7-8,10H2,1H3,(H2,17,18,19)/t11-/m1/s1. The Hall–Kier alpha value is -2.63. The van der Waals surface area contributed by atoms with Crippen LogP contribution in [0.1, 0.15) is 24.3 Å². The van der Waals surface area contributed by atoms with E-state index in [1.165, 1.54) is 0 Å². The summed E-state index contributed by atoms with van der Waals surface area (Å²) in [6.45, 7) is 3.38. The third-order valence-electron chi connectivity index (χ3n) is 3.42. The molecule has 6 heteroatoms. The Morgan fingerprint density at radius 3 is 2.82 bits per heavy atom. The number of hydrogen-bond acceptors (Lipinski definition) is 4. The minimum absolute atomic E-state index is 0.146. The fraction of sp³-hybridized carbons (Fsp3) is 0.312.